The Morgan fingerprint density at radius 2 is 2.14 bits per heavy atom. The third-order valence-corrected chi connectivity index (χ3v) is 2.97. The largest absolute Gasteiger partial charge is 0.463 e. The summed E-state index contributed by atoms with van der Waals surface area (Å²) in [6.07, 6.45) is 0. The molecule has 21 heavy (non-hydrogen) atoms. The second kappa shape index (κ2) is 6.49. The fourth-order valence-electron chi connectivity index (χ4n) is 1.68. The van der Waals surface area contributed by atoms with Crippen LogP contribution in [0, 0.1) is 12.7 Å². The average Bonchev–Trinajstić information content (AvgIpc) is 2.47. The normalized spacial score (nSPS) is 10.3. The minimum atomic E-state index is -0.605. The number of aryl methyl sites for hydroxylation is 1. The summed E-state index contributed by atoms with van der Waals surface area (Å²) in [5.41, 5.74) is 1.42. The first-order valence-electron chi connectivity index (χ1n) is 6.11. The molecular formula is C14H13ClFN3O2. The summed E-state index contributed by atoms with van der Waals surface area (Å²) in [6, 6.07) is 6.13. The van der Waals surface area contributed by atoms with E-state index >= 15 is 0 Å². The Kier molecular flexibility index (Phi) is 4.70. The van der Waals surface area contributed by atoms with Crippen LogP contribution in [-0.2, 0) is 11.3 Å². The molecule has 0 spiro atoms. The number of rotatable bonds is 4. The number of carbonyl (C=O) groups is 1. The van der Waals surface area contributed by atoms with Crippen molar-refractivity contribution >= 4 is 23.4 Å². The SMILES string of the molecule is COC(=O)c1nc(C)cc(NCc2ccc(F)c(Cl)c2)n1. The number of methoxy groups -OCH3 is 1. The summed E-state index contributed by atoms with van der Waals surface area (Å²) < 4.78 is 17.7. The standard InChI is InChI=1S/C14H13ClFN3O2/c1-8-5-12(19-13(18-8)14(20)21-2)17-7-9-3-4-11(16)10(15)6-9/h3-6H,7H2,1-2H3,(H,17,18,19). The maximum Gasteiger partial charge on any atom is 0.376 e. The smallest absolute Gasteiger partial charge is 0.376 e. The molecule has 0 unspecified atom stereocenters. The molecule has 5 nitrogen and oxygen atoms in total. The lowest BCUT2D eigenvalue weighted by molar-refractivity contribution is 0.0586. The molecular weight excluding hydrogens is 297 g/mol. The first-order chi connectivity index (χ1) is 9.99. The van der Waals surface area contributed by atoms with Gasteiger partial charge < -0.3 is 10.1 Å². The van der Waals surface area contributed by atoms with Gasteiger partial charge in [0.25, 0.3) is 0 Å². The molecule has 2 rings (SSSR count). The monoisotopic (exact) mass is 309 g/mol. The molecule has 2 aromatic rings. The molecule has 7 heteroatoms. The van der Waals surface area contributed by atoms with Crippen LogP contribution in [0.15, 0.2) is 24.3 Å². The number of carbonyl (C=O) groups excluding carboxylic acids is 1. The zero-order valence-corrected chi connectivity index (χ0v) is 12.2. The number of nitrogens with zero attached hydrogens (tertiary/aromatic N) is 2. The van der Waals surface area contributed by atoms with Gasteiger partial charge in [-0.2, -0.15) is 0 Å². The van der Waals surface area contributed by atoms with Gasteiger partial charge in [0.05, 0.1) is 12.1 Å². The van der Waals surface area contributed by atoms with Crippen LogP contribution in [0.5, 0.6) is 0 Å². The van der Waals surface area contributed by atoms with Gasteiger partial charge in [0.2, 0.25) is 5.82 Å². The van der Waals surface area contributed by atoms with E-state index in [1.165, 1.54) is 19.2 Å². The van der Waals surface area contributed by atoms with Crippen LogP contribution in [0.1, 0.15) is 21.9 Å². The van der Waals surface area contributed by atoms with Crippen molar-refractivity contribution in [2.75, 3.05) is 12.4 Å². The Hall–Kier alpha value is -2.21. The minimum absolute atomic E-state index is 0.0165. The zero-order chi connectivity index (χ0) is 15.4. The first-order valence-corrected chi connectivity index (χ1v) is 6.49. The summed E-state index contributed by atoms with van der Waals surface area (Å²) in [5.74, 6) is -0.613. The van der Waals surface area contributed by atoms with Gasteiger partial charge in [0.15, 0.2) is 0 Å². The van der Waals surface area contributed by atoms with Gasteiger partial charge in [-0.1, -0.05) is 17.7 Å². The first kappa shape index (κ1) is 15.2. The predicted molar refractivity (Wildman–Crippen MR) is 76.8 cm³/mol. The van der Waals surface area contributed by atoms with Crippen LogP contribution in [0.4, 0.5) is 10.2 Å². The summed E-state index contributed by atoms with van der Waals surface area (Å²) in [4.78, 5) is 19.5. The predicted octanol–water partition coefficient (Wildman–Crippen LogP) is 2.98. The maximum absolute atomic E-state index is 13.1. The van der Waals surface area contributed by atoms with Crippen molar-refractivity contribution in [2.45, 2.75) is 13.5 Å². The molecule has 1 aromatic carbocycles. The molecule has 0 bridgehead atoms. The molecule has 0 amide bonds. The van der Waals surface area contributed by atoms with E-state index in [-0.39, 0.29) is 10.8 Å². The van der Waals surface area contributed by atoms with Gasteiger partial charge in [-0.15, -0.1) is 0 Å². The Morgan fingerprint density at radius 3 is 2.81 bits per heavy atom. The lowest BCUT2D eigenvalue weighted by Crippen LogP contribution is -2.11. The van der Waals surface area contributed by atoms with Crippen LogP contribution in [-0.4, -0.2) is 23.0 Å². The van der Waals surface area contributed by atoms with E-state index in [1.54, 1.807) is 19.1 Å². The van der Waals surface area contributed by atoms with Crippen molar-refractivity contribution in [3.8, 4) is 0 Å². The second-order valence-corrected chi connectivity index (χ2v) is 4.72. The lowest BCUT2D eigenvalue weighted by atomic mass is 10.2. The highest BCUT2D eigenvalue weighted by atomic mass is 35.5. The van der Waals surface area contributed by atoms with E-state index < -0.39 is 11.8 Å². The molecule has 1 N–H and O–H groups in total. The number of nitrogens with one attached hydrogen (secondary N) is 1. The molecule has 0 saturated heterocycles. The lowest BCUT2D eigenvalue weighted by Gasteiger charge is -2.08. The van der Waals surface area contributed by atoms with Gasteiger partial charge in [-0.3, -0.25) is 0 Å². The molecule has 0 radical (unpaired) electrons. The van der Waals surface area contributed by atoms with E-state index in [1.807, 2.05) is 0 Å². The molecule has 0 fully saturated rings. The highest BCUT2D eigenvalue weighted by Gasteiger charge is 2.11. The third-order valence-electron chi connectivity index (χ3n) is 2.68. The molecule has 0 saturated carbocycles. The van der Waals surface area contributed by atoms with Gasteiger partial charge in [-0.05, 0) is 24.6 Å². The Labute approximate surface area is 126 Å². The van der Waals surface area contributed by atoms with Crippen LogP contribution in [0.25, 0.3) is 0 Å². The molecule has 110 valence electrons. The number of aromatic nitrogens is 2. The number of hydrogen-bond donors (Lipinski definition) is 1. The van der Waals surface area contributed by atoms with Crippen LogP contribution in [0.2, 0.25) is 5.02 Å². The third kappa shape index (κ3) is 3.88. The van der Waals surface area contributed by atoms with Crippen molar-refractivity contribution in [3.63, 3.8) is 0 Å². The van der Waals surface area contributed by atoms with E-state index in [9.17, 15) is 9.18 Å². The van der Waals surface area contributed by atoms with E-state index in [2.05, 4.69) is 20.0 Å². The van der Waals surface area contributed by atoms with Crippen molar-refractivity contribution in [2.24, 2.45) is 0 Å². The van der Waals surface area contributed by atoms with Crippen molar-refractivity contribution in [3.05, 3.63) is 52.2 Å². The number of esters is 1. The zero-order valence-electron chi connectivity index (χ0n) is 11.5. The van der Waals surface area contributed by atoms with Crippen molar-refractivity contribution in [1.82, 2.24) is 9.97 Å². The highest BCUT2D eigenvalue weighted by molar-refractivity contribution is 6.30. The van der Waals surface area contributed by atoms with E-state index in [4.69, 9.17) is 11.6 Å². The van der Waals surface area contributed by atoms with E-state index in [0.29, 0.717) is 18.1 Å². The van der Waals surface area contributed by atoms with Crippen molar-refractivity contribution < 1.29 is 13.9 Å². The molecule has 0 aliphatic rings. The number of anilines is 1. The molecule has 1 heterocycles. The number of halogens is 2. The van der Waals surface area contributed by atoms with Crippen LogP contribution >= 0.6 is 11.6 Å². The quantitative estimate of drug-likeness (QED) is 0.880. The molecule has 0 aliphatic heterocycles. The second-order valence-electron chi connectivity index (χ2n) is 4.31. The summed E-state index contributed by atoms with van der Waals surface area (Å²) >= 11 is 5.72. The molecule has 0 aliphatic carbocycles. The van der Waals surface area contributed by atoms with Gasteiger partial charge >= 0.3 is 5.97 Å². The number of ether oxygens (including phenoxy) is 1. The molecule has 0 atom stereocenters. The van der Waals surface area contributed by atoms with Crippen LogP contribution in [0.3, 0.4) is 0 Å². The Morgan fingerprint density at radius 1 is 1.38 bits per heavy atom. The van der Waals surface area contributed by atoms with Crippen LogP contribution < -0.4 is 5.32 Å². The minimum Gasteiger partial charge on any atom is -0.463 e. The highest BCUT2D eigenvalue weighted by Crippen LogP contribution is 2.17. The maximum atomic E-state index is 13.1. The van der Waals surface area contributed by atoms with Gasteiger partial charge in [-0.25, -0.2) is 19.2 Å². The summed E-state index contributed by atoms with van der Waals surface area (Å²) in [5, 5.41) is 3.09. The topological polar surface area (TPSA) is 64.1 Å². The van der Waals surface area contributed by atoms with Gasteiger partial charge in [0.1, 0.15) is 11.6 Å². The Bertz CT molecular complexity index is 679. The molecule has 1 aromatic heterocycles. The average molecular weight is 310 g/mol. The summed E-state index contributed by atoms with van der Waals surface area (Å²) in [6.45, 7) is 2.13. The fraction of sp³-hybridized carbons (Fsp3) is 0.214. The Balaban J connectivity index is 2.14. The van der Waals surface area contributed by atoms with Crippen molar-refractivity contribution in [1.29, 1.82) is 0 Å². The summed E-state index contributed by atoms with van der Waals surface area (Å²) in [7, 11) is 1.27. The number of hydrogen-bond acceptors (Lipinski definition) is 5. The van der Waals surface area contributed by atoms with E-state index in [0.717, 1.165) is 5.56 Å². The fourth-order valence-corrected chi connectivity index (χ4v) is 1.89. The van der Waals surface area contributed by atoms with Gasteiger partial charge in [0, 0.05) is 18.3 Å². The number of benzene rings is 1.